The summed E-state index contributed by atoms with van der Waals surface area (Å²) in [6, 6.07) is 0. The Bertz CT molecular complexity index is 22.0. The second-order valence-corrected chi connectivity index (χ2v) is 1.22. The van der Waals surface area contributed by atoms with Crippen molar-refractivity contribution in [2.45, 2.75) is 14.9 Å². The van der Waals surface area contributed by atoms with Crippen LogP contribution >= 0.6 is 0 Å². The van der Waals surface area contributed by atoms with Crippen molar-refractivity contribution in [3.63, 3.8) is 0 Å². The number of hydrogen-bond acceptors (Lipinski definition) is 2. The molecule has 0 saturated carbocycles. The first-order chi connectivity index (χ1) is 3.00. The first-order valence-corrected chi connectivity index (χ1v) is 2.15. The van der Waals surface area contributed by atoms with E-state index in [0.29, 0.717) is 0 Å². The summed E-state index contributed by atoms with van der Waals surface area (Å²) < 4.78 is 9.89. The molecule has 0 aliphatic carbocycles. The van der Waals surface area contributed by atoms with Crippen molar-refractivity contribution in [3.8, 4) is 0 Å². The summed E-state index contributed by atoms with van der Waals surface area (Å²) >= 11 is 0. The van der Waals surface area contributed by atoms with E-state index in [9.17, 15) is 0 Å². The molecule has 1 aliphatic heterocycles. The molecule has 2 heteroatoms. The quantitative estimate of drug-likeness (QED) is 0.480. The van der Waals surface area contributed by atoms with Gasteiger partial charge in [-0.1, -0.05) is 14.9 Å². The summed E-state index contributed by atoms with van der Waals surface area (Å²) in [5.41, 5.74) is 0. The minimum atomic E-state index is 0. The highest BCUT2D eigenvalue weighted by atomic mass is 16.6. The van der Waals surface area contributed by atoms with Gasteiger partial charge in [-0.25, -0.2) is 0 Å². The summed E-state index contributed by atoms with van der Waals surface area (Å²) in [6.07, 6.45) is 0. The molecule has 0 aromatic heterocycles. The van der Waals surface area contributed by atoms with E-state index >= 15 is 0 Å². The monoisotopic (exact) mass is 120 g/mol. The molecule has 0 bridgehead atoms. The Balaban J connectivity index is 0. The maximum atomic E-state index is 4.94. The lowest BCUT2D eigenvalue weighted by molar-refractivity contribution is -0.0334. The van der Waals surface area contributed by atoms with Crippen LogP contribution in [0.25, 0.3) is 0 Å². The van der Waals surface area contributed by atoms with Crippen molar-refractivity contribution in [2.24, 2.45) is 0 Å². The van der Waals surface area contributed by atoms with Gasteiger partial charge in [0, 0.05) is 0 Å². The highest BCUT2D eigenvalue weighted by molar-refractivity contribution is 4.37. The van der Waals surface area contributed by atoms with E-state index in [0.717, 1.165) is 26.4 Å². The lowest BCUT2D eigenvalue weighted by atomic mass is 10.6. The average Bonchev–Trinajstić information content (AvgIpc) is 1.72. The number of ether oxygens (including phenoxy) is 2. The van der Waals surface area contributed by atoms with Gasteiger partial charge in [-0.3, -0.25) is 0 Å². The van der Waals surface area contributed by atoms with Crippen molar-refractivity contribution >= 4 is 0 Å². The average molecular weight is 120 g/mol. The van der Waals surface area contributed by atoms with Crippen molar-refractivity contribution in [3.05, 3.63) is 0 Å². The molecule has 0 aromatic carbocycles. The van der Waals surface area contributed by atoms with Crippen LogP contribution in [0.4, 0.5) is 0 Å². The van der Waals surface area contributed by atoms with E-state index in [1.165, 1.54) is 0 Å². The Hall–Kier alpha value is -0.0800. The van der Waals surface area contributed by atoms with Gasteiger partial charge in [-0.2, -0.15) is 0 Å². The van der Waals surface area contributed by atoms with Gasteiger partial charge in [0.25, 0.3) is 0 Å². The molecule has 8 heavy (non-hydrogen) atoms. The van der Waals surface area contributed by atoms with Crippen LogP contribution in [0.1, 0.15) is 14.9 Å². The van der Waals surface area contributed by atoms with Gasteiger partial charge in [-0.15, -0.1) is 0 Å². The number of rotatable bonds is 0. The summed E-state index contributed by atoms with van der Waals surface area (Å²) in [4.78, 5) is 0. The van der Waals surface area contributed by atoms with Crippen molar-refractivity contribution in [2.75, 3.05) is 26.4 Å². The lowest BCUT2D eigenvalue weighted by Crippen LogP contribution is -2.16. The third-order valence-corrected chi connectivity index (χ3v) is 0.744. The van der Waals surface area contributed by atoms with Crippen LogP contribution in [0.15, 0.2) is 0 Å². The zero-order chi connectivity index (χ0) is 4.24. The van der Waals surface area contributed by atoms with Gasteiger partial charge in [0.1, 0.15) is 0 Å². The first kappa shape index (κ1) is 10.8. The molecule has 1 fully saturated rings. The molecule has 2 nitrogen and oxygen atoms in total. The first-order valence-electron chi connectivity index (χ1n) is 2.15. The molecular formula is C6H16O2. The molecule has 0 aromatic rings. The van der Waals surface area contributed by atoms with E-state index in [4.69, 9.17) is 9.47 Å². The highest BCUT2D eigenvalue weighted by Gasteiger charge is 1.94. The number of hydrogen-bond donors (Lipinski definition) is 0. The van der Waals surface area contributed by atoms with Crippen LogP contribution in [0.2, 0.25) is 0 Å². The van der Waals surface area contributed by atoms with Gasteiger partial charge in [0.2, 0.25) is 0 Å². The van der Waals surface area contributed by atoms with E-state index in [-0.39, 0.29) is 14.9 Å². The minimum Gasteiger partial charge on any atom is -0.377 e. The summed E-state index contributed by atoms with van der Waals surface area (Å²) in [7, 11) is 0. The van der Waals surface area contributed by atoms with Crippen molar-refractivity contribution < 1.29 is 9.47 Å². The van der Waals surface area contributed by atoms with Crippen LogP contribution in [0.5, 0.6) is 0 Å². The Morgan fingerprint density at radius 2 is 0.875 bits per heavy atom. The Morgan fingerprint density at radius 3 is 1.00 bits per heavy atom. The van der Waals surface area contributed by atoms with E-state index in [2.05, 4.69) is 0 Å². The molecule has 1 heterocycles. The molecule has 1 aliphatic rings. The van der Waals surface area contributed by atoms with Crippen molar-refractivity contribution in [1.82, 2.24) is 0 Å². The van der Waals surface area contributed by atoms with Gasteiger partial charge >= 0.3 is 0 Å². The highest BCUT2D eigenvalue weighted by Crippen LogP contribution is 1.85. The fraction of sp³-hybridized carbons (Fsp3) is 1.00. The van der Waals surface area contributed by atoms with Crippen LogP contribution in [-0.4, -0.2) is 26.4 Å². The SMILES string of the molecule is C.C.C1COCCO1. The third kappa shape index (κ3) is 4.09. The fourth-order valence-corrected chi connectivity index (χ4v) is 0.440. The Kier molecular flexibility index (Phi) is 9.36. The van der Waals surface area contributed by atoms with E-state index in [1.807, 2.05) is 0 Å². The molecule has 52 valence electrons. The van der Waals surface area contributed by atoms with Crippen LogP contribution < -0.4 is 0 Å². The third-order valence-electron chi connectivity index (χ3n) is 0.744. The summed E-state index contributed by atoms with van der Waals surface area (Å²) in [5.74, 6) is 0. The van der Waals surface area contributed by atoms with Crippen molar-refractivity contribution in [1.29, 1.82) is 0 Å². The molecule has 0 radical (unpaired) electrons. The minimum absolute atomic E-state index is 0. The molecule has 1 rings (SSSR count). The predicted molar refractivity (Wildman–Crippen MR) is 35.1 cm³/mol. The van der Waals surface area contributed by atoms with E-state index < -0.39 is 0 Å². The maximum absolute atomic E-state index is 4.94. The summed E-state index contributed by atoms with van der Waals surface area (Å²) in [6.45, 7) is 3.11. The molecule has 0 amide bonds. The van der Waals surface area contributed by atoms with E-state index in [1.54, 1.807) is 0 Å². The second-order valence-electron chi connectivity index (χ2n) is 1.22. The van der Waals surface area contributed by atoms with Crippen LogP contribution in [0.3, 0.4) is 0 Å². The molecule has 0 spiro atoms. The van der Waals surface area contributed by atoms with Crippen LogP contribution in [-0.2, 0) is 9.47 Å². The molecule has 0 unspecified atom stereocenters. The predicted octanol–water partition coefficient (Wildman–Crippen LogP) is 1.31. The van der Waals surface area contributed by atoms with Crippen LogP contribution in [0, 0.1) is 0 Å². The topological polar surface area (TPSA) is 18.5 Å². The standard InChI is InChI=1S/C4H8O2.2CH4/c1-2-6-4-3-5-1;;/h1-4H2;2*1H4. The Labute approximate surface area is 51.8 Å². The van der Waals surface area contributed by atoms with Gasteiger partial charge in [-0.05, 0) is 0 Å². The molecule has 1 saturated heterocycles. The Morgan fingerprint density at radius 1 is 0.625 bits per heavy atom. The maximum Gasteiger partial charge on any atom is 0.0701 e. The fourth-order valence-electron chi connectivity index (χ4n) is 0.440. The zero-order valence-corrected chi connectivity index (χ0v) is 3.64. The molecule has 0 N–H and O–H groups in total. The molecular weight excluding hydrogens is 104 g/mol. The second kappa shape index (κ2) is 6.92. The van der Waals surface area contributed by atoms with Gasteiger partial charge < -0.3 is 9.47 Å². The normalized spacial score (nSPS) is 18.0. The largest absolute Gasteiger partial charge is 0.377 e. The van der Waals surface area contributed by atoms with Gasteiger partial charge in [0.05, 0.1) is 26.4 Å². The molecule has 0 atom stereocenters. The lowest BCUT2D eigenvalue weighted by Gasteiger charge is -2.09. The smallest absolute Gasteiger partial charge is 0.0701 e. The summed E-state index contributed by atoms with van der Waals surface area (Å²) in [5, 5.41) is 0. The van der Waals surface area contributed by atoms with Gasteiger partial charge in [0.15, 0.2) is 0 Å². The zero-order valence-electron chi connectivity index (χ0n) is 3.64.